The lowest BCUT2D eigenvalue weighted by molar-refractivity contribution is 0.686. The molecule has 2 aromatic heterocycles. The summed E-state index contributed by atoms with van der Waals surface area (Å²) in [4.78, 5) is 13.7. The van der Waals surface area contributed by atoms with Crippen LogP contribution in [0.1, 0.15) is 19.7 Å². The molecule has 140 valence electrons. The van der Waals surface area contributed by atoms with Crippen molar-refractivity contribution in [3.8, 4) is 22.4 Å². The Balaban J connectivity index is 1.95. The molecule has 0 unspecified atom stereocenters. The van der Waals surface area contributed by atoms with Gasteiger partial charge in [0.25, 0.3) is 0 Å². The molecule has 2 heterocycles. The molecule has 0 amide bonds. The van der Waals surface area contributed by atoms with Crippen LogP contribution in [0.2, 0.25) is 0 Å². The average molecular weight is 368 g/mol. The van der Waals surface area contributed by atoms with Gasteiger partial charge in [-0.3, -0.25) is 4.98 Å². The molecule has 0 aliphatic rings. The predicted octanol–water partition coefficient (Wildman–Crippen LogP) is 5.74. The van der Waals surface area contributed by atoms with E-state index < -0.39 is 0 Å². The fourth-order valence-electron chi connectivity index (χ4n) is 3.34. The largest absolute Gasteiger partial charge is 0.369 e. The lowest BCUT2D eigenvalue weighted by Gasteiger charge is -2.17. The molecule has 4 nitrogen and oxygen atoms in total. The van der Waals surface area contributed by atoms with Crippen molar-refractivity contribution in [1.82, 2.24) is 15.0 Å². The lowest BCUT2D eigenvalue weighted by Crippen LogP contribution is -2.12. The van der Waals surface area contributed by atoms with Crippen molar-refractivity contribution in [3.63, 3.8) is 0 Å². The Morgan fingerprint density at radius 3 is 2.36 bits per heavy atom. The van der Waals surface area contributed by atoms with Gasteiger partial charge in [-0.25, -0.2) is 9.97 Å². The van der Waals surface area contributed by atoms with E-state index in [1.165, 1.54) is 10.8 Å². The van der Waals surface area contributed by atoms with E-state index in [1.807, 2.05) is 19.1 Å². The van der Waals surface area contributed by atoms with E-state index in [0.29, 0.717) is 5.92 Å². The van der Waals surface area contributed by atoms with Crippen LogP contribution in [0.15, 0.2) is 67.0 Å². The maximum Gasteiger partial charge on any atom is 0.138 e. The van der Waals surface area contributed by atoms with Crippen LogP contribution < -0.4 is 5.32 Å². The molecule has 0 radical (unpaired) electrons. The molecule has 0 fully saturated rings. The van der Waals surface area contributed by atoms with Gasteiger partial charge >= 0.3 is 0 Å². The summed E-state index contributed by atoms with van der Waals surface area (Å²) in [6, 6.07) is 18.9. The summed E-state index contributed by atoms with van der Waals surface area (Å²) in [6.45, 7) is 7.18. The number of rotatable bonds is 5. The smallest absolute Gasteiger partial charge is 0.138 e. The molecule has 0 atom stereocenters. The Kier molecular flexibility index (Phi) is 5.02. The van der Waals surface area contributed by atoms with Crippen LogP contribution in [0.3, 0.4) is 0 Å². The summed E-state index contributed by atoms with van der Waals surface area (Å²) < 4.78 is 0. The number of hydrogen-bond donors (Lipinski definition) is 1. The molecule has 0 bridgehead atoms. The first-order chi connectivity index (χ1) is 13.6. The number of pyridine rings is 1. The van der Waals surface area contributed by atoms with Crippen LogP contribution in [-0.4, -0.2) is 21.5 Å². The van der Waals surface area contributed by atoms with E-state index in [-0.39, 0.29) is 0 Å². The van der Waals surface area contributed by atoms with E-state index in [9.17, 15) is 0 Å². The number of anilines is 1. The van der Waals surface area contributed by atoms with Gasteiger partial charge in [-0.2, -0.15) is 0 Å². The highest BCUT2D eigenvalue weighted by molar-refractivity contribution is 5.94. The third-order valence-electron chi connectivity index (χ3n) is 4.69. The van der Waals surface area contributed by atoms with E-state index in [2.05, 4.69) is 66.6 Å². The zero-order chi connectivity index (χ0) is 19.5. The van der Waals surface area contributed by atoms with Crippen LogP contribution in [-0.2, 0) is 0 Å². The third-order valence-corrected chi connectivity index (χ3v) is 4.69. The zero-order valence-electron chi connectivity index (χ0n) is 16.5. The molecular formula is C24H24N4. The molecule has 0 aliphatic heterocycles. The molecule has 28 heavy (non-hydrogen) atoms. The maximum atomic E-state index is 4.81. The summed E-state index contributed by atoms with van der Waals surface area (Å²) in [5, 5.41) is 5.97. The molecule has 0 spiro atoms. The van der Waals surface area contributed by atoms with Crippen LogP contribution in [0, 0.1) is 12.8 Å². The second kappa shape index (κ2) is 7.77. The van der Waals surface area contributed by atoms with Gasteiger partial charge in [0.1, 0.15) is 11.6 Å². The van der Waals surface area contributed by atoms with Crippen molar-refractivity contribution in [2.24, 2.45) is 5.92 Å². The van der Waals surface area contributed by atoms with Gasteiger partial charge in [-0.1, -0.05) is 50.2 Å². The monoisotopic (exact) mass is 368 g/mol. The molecule has 2 aromatic carbocycles. The molecule has 0 saturated heterocycles. The lowest BCUT2D eigenvalue weighted by atomic mass is 9.97. The van der Waals surface area contributed by atoms with Gasteiger partial charge in [0.15, 0.2) is 0 Å². The van der Waals surface area contributed by atoms with Gasteiger partial charge in [0, 0.05) is 24.5 Å². The number of benzene rings is 2. The number of hydrogen-bond acceptors (Lipinski definition) is 4. The topological polar surface area (TPSA) is 50.7 Å². The number of nitrogens with zero attached hydrogens (tertiary/aromatic N) is 3. The first-order valence-corrected chi connectivity index (χ1v) is 9.64. The summed E-state index contributed by atoms with van der Waals surface area (Å²) in [6.07, 6.45) is 3.61. The van der Waals surface area contributed by atoms with Gasteiger partial charge < -0.3 is 5.32 Å². The van der Waals surface area contributed by atoms with Crippen molar-refractivity contribution in [1.29, 1.82) is 0 Å². The highest BCUT2D eigenvalue weighted by atomic mass is 15.0. The Morgan fingerprint density at radius 1 is 0.857 bits per heavy atom. The minimum atomic E-state index is 0.518. The second-order valence-corrected chi connectivity index (χ2v) is 7.42. The normalized spacial score (nSPS) is 11.1. The summed E-state index contributed by atoms with van der Waals surface area (Å²) in [7, 11) is 0. The average Bonchev–Trinajstić information content (AvgIpc) is 2.72. The van der Waals surface area contributed by atoms with Crippen LogP contribution >= 0.6 is 0 Å². The molecule has 1 N–H and O–H groups in total. The van der Waals surface area contributed by atoms with E-state index in [0.717, 1.165) is 40.6 Å². The summed E-state index contributed by atoms with van der Waals surface area (Å²) in [5.41, 5.74) is 4.10. The standard InChI is InChI=1S/C24H24N4/c1-16(2)15-26-24-22(21-9-8-18-6-4-5-7-20(18)14-21)23(27-17(3)28-24)19-10-12-25-13-11-19/h4-14,16H,15H2,1-3H3,(H,26,27,28). The Bertz CT molecular complexity index is 1100. The van der Waals surface area contributed by atoms with Gasteiger partial charge in [-0.15, -0.1) is 0 Å². The quantitative estimate of drug-likeness (QED) is 0.488. The van der Waals surface area contributed by atoms with E-state index >= 15 is 0 Å². The van der Waals surface area contributed by atoms with Crippen LogP contribution in [0.4, 0.5) is 5.82 Å². The Labute approximate surface area is 165 Å². The minimum Gasteiger partial charge on any atom is -0.369 e. The highest BCUT2D eigenvalue weighted by Crippen LogP contribution is 2.37. The Hall–Kier alpha value is -3.27. The maximum absolute atomic E-state index is 4.81. The molecule has 4 heteroatoms. The molecule has 0 saturated carbocycles. The van der Waals surface area contributed by atoms with Crippen molar-refractivity contribution >= 4 is 16.6 Å². The molecule has 4 aromatic rings. The number of fused-ring (bicyclic) bond motifs is 1. The molecule has 0 aliphatic carbocycles. The summed E-state index contributed by atoms with van der Waals surface area (Å²) >= 11 is 0. The van der Waals surface area contributed by atoms with E-state index in [1.54, 1.807) is 12.4 Å². The van der Waals surface area contributed by atoms with Gasteiger partial charge in [0.05, 0.1) is 11.3 Å². The second-order valence-electron chi connectivity index (χ2n) is 7.42. The fraction of sp³-hybridized carbons (Fsp3) is 0.208. The van der Waals surface area contributed by atoms with Crippen molar-refractivity contribution in [2.45, 2.75) is 20.8 Å². The first-order valence-electron chi connectivity index (χ1n) is 9.64. The minimum absolute atomic E-state index is 0.518. The summed E-state index contributed by atoms with van der Waals surface area (Å²) in [5.74, 6) is 2.15. The molecular weight excluding hydrogens is 344 g/mol. The SMILES string of the molecule is Cc1nc(NCC(C)C)c(-c2ccc3ccccc3c2)c(-c2ccncc2)n1. The van der Waals surface area contributed by atoms with Crippen molar-refractivity contribution < 1.29 is 0 Å². The fourth-order valence-corrected chi connectivity index (χ4v) is 3.34. The number of aryl methyl sites for hydroxylation is 1. The van der Waals surface area contributed by atoms with Crippen molar-refractivity contribution in [3.05, 3.63) is 72.8 Å². The van der Waals surface area contributed by atoms with Crippen LogP contribution in [0.5, 0.6) is 0 Å². The number of nitrogens with one attached hydrogen (secondary N) is 1. The Morgan fingerprint density at radius 2 is 1.61 bits per heavy atom. The van der Waals surface area contributed by atoms with Crippen molar-refractivity contribution in [2.75, 3.05) is 11.9 Å². The number of aromatic nitrogens is 3. The zero-order valence-corrected chi connectivity index (χ0v) is 16.5. The first kappa shape index (κ1) is 18.1. The van der Waals surface area contributed by atoms with Gasteiger partial charge in [0.2, 0.25) is 0 Å². The predicted molar refractivity (Wildman–Crippen MR) is 116 cm³/mol. The van der Waals surface area contributed by atoms with Gasteiger partial charge in [-0.05, 0) is 47.4 Å². The van der Waals surface area contributed by atoms with Crippen LogP contribution in [0.25, 0.3) is 33.2 Å². The molecule has 4 rings (SSSR count). The highest BCUT2D eigenvalue weighted by Gasteiger charge is 2.17. The third kappa shape index (κ3) is 3.72. The van der Waals surface area contributed by atoms with E-state index in [4.69, 9.17) is 9.97 Å².